The van der Waals surface area contributed by atoms with E-state index in [4.69, 9.17) is 4.74 Å². The first-order valence-electron chi connectivity index (χ1n) is 8.00. The molecule has 6 heteroatoms. The van der Waals surface area contributed by atoms with Gasteiger partial charge in [-0.3, -0.25) is 0 Å². The van der Waals surface area contributed by atoms with Gasteiger partial charge in [0.1, 0.15) is 17.6 Å². The molecule has 5 nitrogen and oxygen atoms in total. The van der Waals surface area contributed by atoms with Crippen LogP contribution in [0.1, 0.15) is 31.7 Å². The van der Waals surface area contributed by atoms with Gasteiger partial charge in [-0.15, -0.1) is 0 Å². The zero-order valence-electron chi connectivity index (χ0n) is 13.8. The number of carbonyl (C=O) groups is 1. The minimum absolute atomic E-state index is 0.151. The van der Waals surface area contributed by atoms with Crippen molar-refractivity contribution in [3.8, 4) is 5.75 Å². The molecule has 1 aliphatic heterocycles. The molecule has 0 N–H and O–H groups in total. The molecule has 1 fully saturated rings. The number of carbonyl (C=O) groups excluding carboxylic acids is 1. The Bertz CT molecular complexity index is 697. The van der Waals surface area contributed by atoms with E-state index in [-0.39, 0.29) is 17.8 Å². The number of rotatable bonds is 6. The maximum absolute atomic E-state index is 11.2. The van der Waals surface area contributed by atoms with Gasteiger partial charge in [0, 0.05) is 18.8 Å². The highest BCUT2D eigenvalue weighted by atomic mass is 79.9. The number of Topliss-reactive ketones (excluding diaryl/α,β-unsaturated/α-hetero) is 1. The summed E-state index contributed by atoms with van der Waals surface area (Å²) >= 11 is 3.33. The van der Waals surface area contributed by atoms with Crippen molar-refractivity contribution < 1.29 is 9.53 Å². The molecule has 3 rings (SSSR count). The van der Waals surface area contributed by atoms with Crippen LogP contribution < -0.4 is 9.64 Å². The van der Waals surface area contributed by atoms with Crippen LogP contribution in [0.2, 0.25) is 0 Å². The van der Waals surface area contributed by atoms with E-state index in [0.29, 0.717) is 6.42 Å². The van der Waals surface area contributed by atoms with Crippen molar-refractivity contribution in [2.75, 3.05) is 18.0 Å². The van der Waals surface area contributed by atoms with Gasteiger partial charge in [-0.2, -0.15) is 0 Å². The molecule has 1 saturated heterocycles. The Balaban J connectivity index is 1.51. The van der Waals surface area contributed by atoms with E-state index in [0.717, 1.165) is 34.8 Å². The van der Waals surface area contributed by atoms with Crippen molar-refractivity contribution in [3.05, 3.63) is 46.7 Å². The summed E-state index contributed by atoms with van der Waals surface area (Å²) in [5.41, 5.74) is 1.16. The summed E-state index contributed by atoms with van der Waals surface area (Å²) in [6, 6.07) is 8.03. The predicted octanol–water partition coefficient (Wildman–Crippen LogP) is 3.59. The van der Waals surface area contributed by atoms with Gasteiger partial charge in [0.05, 0.1) is 17.6 Å². The predicted molar refractivity (Wildman–Crippen MR) is 96.5 cm³/mol. The van der Waals surface area contributed by atoms with Gasteiger partial charge in [-0.25, -0.2) is 9.97 Å². The first-order chi connectivity index (χ1) is 11.5. The second-order valence-corrected chi connectivity index (χ2v) is 7.14. The van der Waals surface area contributed by atoms with Gasteiger partial charge >= 0.3 is 0 Å². The fourth-order valence-electron chi connectivity index (χ4n) is 2.76. The zero-order chi connectivity index (χ0) is 17.1. The number of hydrogen-bond donors (Lipinski definition) is 0. The maximum atomic E-state index is 11.2. The average Bonchev–Trinajstić information content (AvgIpc) is 2.51. The van der Waals surface area contributed by atoms with Gasteiger partial charge in [0.2, 0.25) is 5.95 Å². The number of nitrogens with zero attached hydrogens (tertiary/aromatic N) is 3. The molecule has 0 aliphatic carbocycles. The molecule has 0 amide bonds. The van der Waals surface area contributed by atoms with E-state index in [1.807, 2.05) is 24.3 Å². The number of benzene rings is 1. The Morgan fingerprint density at radius 3 is 2.50 bits per heavy atom. The lowest BCUT2D eigenvalue weighted by atomic mass is 9.96. The Kier molecular flexibility index (Phi) is 5.14. The molecule has 0 saturated carbocycles. The summed E-state index contributed by atoms with van der Waals surface area (Å²) in [5, 5.41) is 0. The first-order valence-corrected chi connectivity index (χ1v) is 8.79. The van der Waals surface area contributed by atoms with Crippen LogP contribution in [-0.4, -0.2) is 34.9 Å². The monoisotopic (exact) mass is 389 g/mol. The topological polar surface area (TPSA) is 55.3 Å². The molecule has 1 aromatic heterocycles. The van der Waals surface area contributed by atoms with Crippen LogP contribution in [0.5, 0.6) is 5.75 Å². The normalized spacial score (nSPS) is 15.7. The molecule has 1 atom stereocenters. The Labute approximate surface area is 150 Å². The zero-order valence-corrected chi connectivity index (χ0v) is 15.4. The van der Waals surface area contributed by atoms with Crippen molar-refractivity contribution in [2.45, 2.75) is 32.3 Å². The van der Waals surface area contributed by atoms with E-state index in [2.05, 4.69) is 37.7 Å². The van der Waals surface area contributed by atoms with Gasteiger partial charge < -0.3 is 14.4 Å². The summed E-state index contributed by atoms with van der Waals surface area (Å²) < 4.78 is 6.84. The largest absolute Gasteiger partial charge is 0.487 e. The lowest BCUT2D eigenvalue weighted by Gasteiger charge is -2.38. The van der Waals surface area contributed by atoms with Crippen LogP contribution in [-0.2, 0) is 4.79 Å². The number of anilines is 1. The highest BCUT2D eigenvalue weighted by Gasteiger charge is 2.30. The van der Waals surface area contributed by atoms with E-state index in [9.17, 15) is 4.79 Å². The van der Waals surface area contributed by atoms with Gasteiger partial charge in [0.15, 0.2) is 0 Å². The van der Waals surface area contributed by atoms with E-state index >= 15 is 0 Å². The number of halogens is 1. The average molecular weight is 390 g/mol. The Morgan fingerprint density at radius 2 is 1.92 bits per heavy atom. The Morgan fingerprint density at radius 1 is 1.29 bits per heavy atom. The Hall–Kier alpha value is -1.95. The van der Waals surface area contributed by atoms with Crippen molar-refractivity contribution in [1.82, 2.24) is 9.97 Å². The van der Waals surface area contributed by atoms with E-state index in [1.165, 1.54) is 0 Å². The van der Waals surface area contributed by atoms with E-state index < -0.39 is 0 Å². The number of ketones is 1. The number of ether oxygens (including phenoxy) is 1. The third kappa shape index (κ3) is 4.12. The molecule has 0 spiro atoms. The smallest absolute Gasteiger partial charge is 0.225 e. The molecule has 0 bridgehead atoms. The summed E-state index contributed by atoms with van der Waals surface area (Å²) in [5.74, 6) is 2.04. The van der Waals surface area contributed by atoms with Crippen LogP contribution in [0.25, 0.3) is 0 Å². The van der Waals surface area contributed by atoms with Crippen LogP contribution in [0.3, 0.4) is 0 Å². The highest BCUT2D eigenvalue weighted by Crippen LogP contribution is 2.25. The summed E-state index contributed by atoms with van der Waals surface area (Å²) in [7, 11) is 0. The summed E-state index contributed by atoms with van der Waals surface area (Å²) in [4.78, 5) is 21.9. The van der Waals surface area contributed by atoms with Crippen molar-refractivity contribution >= 4 is 27.7 Å². The minimum Gasteiger partial charge on any atom is -0.487 e. The molecule has 2 heterocycles. The quantitative estimate of drug-likeness (QED) is 0.755. The molecule has 0 radical (unpaired) electrons. The van der Waals surface area contributed by atoms with E-state index in [1.54, 1.807) is 19.3 Å². The fraction of sp³-hybridized carbons (Fsp3) is 0.389. The van der Waals surface area contributed by atoms with Crippen LogP contribution in [0, 0.1) is 0 Å². The number of aromatic nitrogens is 2. The second-order valence-electron chi connectivity index (χ2n) is 6.22. The minimum atomic E-state index is 0.151. The number of hydrogen-bond acceptors (Lipinski definition) is 5. The highest BCUT2D eigenvalue weighted by molar-refractivity contribution is 9.10. The third-order valence-corrected chi connectivity index (χ3v) is 4.49. The molecule has 126 valence electrons. The third-order valence-electron chi connectivity index (χ3n) is 4.08. The van der Waals surface area contributed by atoms with Crippen molar-refractivity contribution in [2.24, 2.45) is 0 Å². The van der Waals surface area contributed by atoms with Crippen molar-refractivity contribution in [3.63, 3.8) is 0 Å². The van der Waals surface area contributed by atoms with Gasteiger partial charge in [-0.05, 0) is 46.5 Å². The van der Waals surface area contributed by atoms with Gasteiger partial charge in [-0.1, -0.05) is 19.1 Å². The molecule has 2 aromatic rings. The fourth-order valence-corrected chi connectivity index (χ4v) is 2.97. The van der Waals surface area contributed by atoms with Crippen LogP contribution >= 0.6 is 15.9 Å². The molecule has 1 aromatic carbocycles. The molecule has 0 unspecified atom stereocenters. The summed E-state index contributed by atoms with van der Waals surface area (Å²) in [6.07, 6.45) is 4.22. The van der Waals surface area contributed by atoms with Crippen molar-refractivity contribution in [1.29, 1.82) is 0 Å². The summed E-state index contributed by atoms with van der Waals surface area (Å²) in [6.45, 7) is 5.26. The SMILES string of the molecule is CC(=O)C[C@@H](C)c1ccc(OC2CN(c3ncc(Br)cn3)C2)cc1. The second kappa shape index (κ2) is 7.30. The molecule has 24 heavy (non-hydrogen) atoms. The molecular formula is C18H20BrN3O2. The van der Waals surface area contributed by atoms with Gasteiger partial charge in [0.25, 0.3) is 0 Å². The lowest BCUT2D eigenvalue weighted by Crippen LogP contribution is -2.54. The van der Waals surface area contributed by atoms with Crippen LogP contribution in [0.4, 0.5) is 5.95 Å². The lowest BCUT2D eigenvalue weighted by molar-refractivity contribution is -0.117. The van der Waals surface area contributed by atoms with Crippen LogP contribution in [0.15, 0.2) is 41.1 Å². The first kappa shape index (κ1) is 16.9. The molecular weight excluding hydrogens is 370 g/mol. The maximum Gasteiger partial charge on any atom is 0.225 e. The standard InChI is InChI=1S/C18H20BrN3O2/c1-12(7-13(2)23)14-3-5-16(6-4-14)24-17-10-22(11-17)18-20-8-15(19)9-21-18/h3-6,8-9,12,17H,7,10-11H2,1-2H3/t12-/m1/s1. The molecule has 1 aliphatic rings.